The fourth-order valence-corrected chi connectivity index (χ4v) is 3.91. The summed E-state index contributed by atoms with van der Waals surface area (Å²) in [5.74, 6) is -2.39. The van der Waals surface area contributed by atoms with Gasteiger partial charge in [-0.15, -0.1) is 0 Å². The number of halogens is 2. The van der Waals surface area contributed by atoms with Crippen molar-refractivity contribution in [3.8, 4) is 0 Å². The number of anilines is 1. The van der Waals surface area contributed by atoms with Crippen LogP contribution in [0.25, 0.3) is 0 Å². The molecule has 1 saturated heterocycles. The number of amides is 1. The third kappa shape index (κ3) is 5.97. The van der Waals surface area contributed by atoms with Crippen LogP contribution in [0.4, 0.5) is 10.1 Å². The molecule has 1 amide bonds. The monoisotopic (exact) mass is 491 g/mol. The number of ether oxygens (including phenoxy) is 3. The number of carbonyl (C=O) groups is 3. The third-order valence-electron chi connectivity index (χ3n) is 4.38. The minimum atomic E-state index is -1.62. The number of carbonyl (C=O) groups excluding carboxylic acids is 3. The number of nitrogens with one attached hydrogen (secondary N) is 1. The zero-order valence-corrected chi connectivity index (χ0v) is 18.1. The Kier molecular flexibility index (Phi) is 7.92. The highest BCUT2D eigenvalue weighted by Gasteiger charge is 2.54. The van der Waals surface area contributed by atoms with E-state index in [4.69, 9.17) is 14.2 Å². The predicted octanol–water partition coefficient (Wildman–Crippen LogP) is 1.03. The topological polar surface area (TPSA) is 131 Å². The van der Waals surface area contributed by atoms with E-state index in [9.17, 15) is 29.0 Å². The van der Waals surface area contributed by atoms with Crippen molar-refractivity contribution in [2.24, 2.45) is 0 Å². The molecule has 0 spiro atoms. The summed E-state index contributed by atoms with van der Waals surface area (Å²) in [7, 11) is 0. The number of benzene rings is 1. The lowest BCUT2D eigenvalue weighted by Gasteiger charge is -2.47. The molecule has 30 heavy (non-hydrogen) atoms. The summed E-state index contributed by atoms with van der Waals surface area (Å²) in [6.07, 6.45) is -5.71. The Morgan fingerprint density at radius 3 is 2.47 bits per heavy atom. The smallest absolute Gasteiger partial charge is 0.303 e. The lowest BCUT2D eigenvalue weighted by Crippen LogP contribution is -2.64. The van der Waals surface area contributed by atoms with Gasteiger partial charge in [0.05, 0.1) is 0 Å². The Bertz CT molecular complexity index is 822. The van der Waals surface area contributed by atoms with Crippen molar-refractivity contribution in [2.75, 3.05) is 11.9 Å². The van der Waals surface area contributed by atoms with Gasteiger partial charge in [-0.3, -0.25) is 14.4 Å². The highest BCUT2D eigenvalue weighted by Crippen LogP contribution is 2.40. The van der Waals surface area contributed by atoms with Gasteiger partial charge in [0, 0.05) is 32.9 Å². The molecular formula is C19H23BrFNO8. The first-order valence-electron chi connectivity index (χ1n) is 9.02. The summed E-state index contributed by atoms with van der Waals surface area (Å²) < 4.78 is 27.8. The predicted molar refractivity (Wildman–Crippen MR) is 105 cm³/mol. The van der Waals surface area contributed by atoms with Gasteiger partial charge in [-0.2, -0.15) is 0 Å². The molecule has 0 radical (unpaired) electrons. The molecule has 1 unspecified atom stereocenters. The largest absolute Gasteiger partial charge is 0.463 e. The maximum absolute atomic E-state index is 13.7. The van der Waals surface area contributed by atoms with Crippen LogP contribution in [0.2, 0.25) is 0 Å². The van der Waals surface area contributed by atoms with Crippen LogP contribution in [-0.4, -0.2) is 63.6 Å². The second kappa shape index (κ2) is 9.82. The van der Waals surface area contributed by atoms with E-state index in [1.165, 1.54) is 26.0 Å². The summed E-state index contributed by atoms with van der Waals surface area (Å²) >= 11 is 3.30. The van der Waals surface area contributed by atoms with Crippen molar-refractivity contribution < 1.29 is 43.2 Å². The first kappa shape index (κ1) is 24.2. The van der Waals surface area contributed by atoms with E-state index in [1.54, 1.807) is 0 Å². The lowest BCUT2D eigenvalue weighted by molar-refractivity contribution is -0.248. The summed E-state index contributed by atoms with van der Waals surface area (Å²) in [4.78, 5) is 34.1. The number of esters is 2. The molecule has 1 fully saturated rings. The number of hydrogen-bond donors (Lipinski definition) is 3. The van der Waals surface area contributed by atoms with E-state index in [-0.39, 0.29) is 18.7 Å². The first-order chi connectivity index (χ1) is 13.9. The van der Waals surface area contributed by atoms with E-state index in [0.29, 0.717) is 5.56 Å². The van der Waals surface area contributed by atoms with Crippen LogP contribution in [0, 0.1) is 5.82 Å². The Hall–Kier alpha value is -2.08. The van der Waals surface area contributed by atoms with Crippen molar-refractivity contribution in [3.05, 3.63) is 29.6 Å². The molecule has 11 heteroatoms. The maximum atomic E-state index is 13.7. The molecule has 9 nitrogen and oxygen atoms in total. The van der Waals surface area contributed by atoms with Crippen LogP contribution in [-0.2, 0) is 35.0 Å². The highest BCUT2D eigenvalue weighted by atomic mass is 79.9. The molecule has 1 aromatic carbocycles. The fourth-order valence-electron chi connectivity index (χ4n) is 3.11. The second-order valence-corrected chi connectivity index (χ2v) is 8.26. The van der Waals surface area contributed by atoms with Crippen LogP contribution < -0.4 is 5.32 Å². The van der Waals surface area contributed by atoms with Gasteiger partial charge in [0.2, 0.25) is 5.91 Å². The van der Waals surface area contributed by atoms with Gasteiger partial charge in [0.25, 0.3) is 0 Å². The van der Waals surface area contributed by atoms with Gasteiger partial charge >= 0.3 is 11.9 Å². The quantitative estimate of drug-likeness (QED) is 0.397. The third-order valence-corrected chi connectivity index (χ3v) is 5.32. The number of aliphatic hydroxyl groups is 2. The van der Waals surface area contributed by atoms with Gasteiger partial charge in [-0.05, 0) is 17.7 Å². The zero-order valence-electron chi connectivity index (χ0n) is 16.6. The number of rotatable bonds is 6. The van der Waals surface area contributed by atoms with Crippen molar-refractivity contribution in [1.82, 2.24) is 0 Å². The Morgan fingerprint density at radius 2 is 1.90 bits per heavy atom. The number of alkyl halides is 1. The standard InChI is InChI=1S/C19H23BrFNO8/c1-9(23)22-14-6-13(21)5-4-12(14)7-19(20)18(27)17(29-11(3)25)16(26)15(30-19)8-28-10(2)24/h4-6,15-18,26-27H,7-8H2,1-3H3,(H,22,23)/t15-,16-,17+,18-,19?/m1/s1. The Labute approximate surface area is 180 Å². The fraction of sp³-hybridized carbons (Fsp3) is 0.526. The van der Waals surface area contributed by atoms with Crippen LogP contribution in [0.1, 0.15) is 26.3 Å². The van der Waals surface area contributed by atoms with Crippen LogP contribution >= 0.6 is 15.9 Å². The van der Waals surface area contributed by atoms with Crippen molar-refractivity contribution in [2.45, 2.75) is 56.1 Å². The number of hydrogen-bond acceptors (Lipinski definition) is 8. The minimum Gasteiger partial charge on any atom is -0.463 e. The summed E-state index contributed by atoms with van der Waals surface area (Å²) in [5.41, 5.74) is 0.551. The van der Waals surface area contributed by atoms with Crippen LogP contribution in [0.15, 0.2) is 18.2 Å². The molecule has 1 aliphatic rings. The van der Waals surface area contributed by atoms with Gasteiger partial charge in [-0.1, -0.05) is 22.0 Å². The molecule has 1 heterocycles. The summed E-state index contributed by atoms with van der Waals surface area (Å²) in [6, 6.07) is 3.67. The van der Waals surface area contributed by atoms with Crippen LogP contribution in [0.3, 0.4) is 0 Å². The molecule has 0 bridgehead atoms. The first-order valence-corrected chi connectivity index (χ1v) is 9.81. The van der Waals surface area contributed by atoms with Crippen molar-refractivity contribution in [3.63, 3.8) is 0 Å². The van der Waals surface area contributed by atoms with Crippen LogP contribution in [0.5, 0.6) is 0 Å². The second-order valence-electron chi connectivity index (χ2n) is 6.91. The molecule has 166 valence electrons. The normalized spacial score (nSPS) is 28.5. The SMILES string of the molecule is CC(=O)Nc1cc(F)ccc1CC1(Br)O[C@H](COC(C)=O)[C@@H](O)[C@H](OC(C)=O)[C@H]1O. The molecule has 0 saturated carbocycles. The average molecular weight is 492 g/mol. The van der Waals surface area contributed by atoms with E-state index in [2.05, 4.69) is 21.2 Å². The van der Waals surface area contributed by atoms with Gasteiger partial charge in [-0.25, -0.2) is 4.39 Å². The van der Waals surface area contributed by atoms with Gasteiger partial charge < -0.3 is 29.7 Å². The van der Waals surface area contributed by atoms with E-state index in [0.717, 1.165) is 13.0 Å². The molecule has 3 N–H and O–H groups in total. The number of aliphatic hydroxyl groups excluding tert-OH is 2. The van der Waals surface area contributed by atoms with E-state index >= 15 is 0 Å². The average Bonchev–Trinajstić information content (AvgIpc) is 2.62. The Morgan fingerprint density at radius 1 is 1.23 bits per heavy atom. The summed E-state index contributed by atoms with van der Waals surface area (Å²) in [6.45, 7) is 3.18. The maximum Gasteiger partial charge on any atom is 0.303 e. The van der Waals surface area contributed by atoms with Crippen molar-refractivity contribution in [1.29, 1.82) is 0 Å². The van der Waals surface area contributed by atoms with Gasteiger partial charge in [0.15, 0.2) is 10.6 Å². The van der Waals surface area contributed by atoms with Gasteiger partial charge in [0.1, 0.15) is 30.7 Å². The van der Waals surface area contributed by atoms with E-state index in [1.807, 2.05) is 0 Å². The minimum absolute atomic E-state index is 0.120. The lowest BCUT2D eigenvalue weighted by atomic mass is 9.90. The molecular weight excluding hydrogens is 469 g/mol. The van der Waals surface area contributed by atoms with E-state index < -0.39 is 52.6 Å². The Balaban J connectivity index is 2.38. The van der Waals surface area contributed by atoms with Crippen molar-refractivity contribution >= 4 is 39.5 Å². The highest BCUT2D eigenvalue weighted by molar-refractivity contribution is 9.10. The zero-order chi connectivity index (χ0) is 22.6. The molecule has 0 aromatic heterocycles. The molecule has 0 aliphatic carbocycles. The molecule has 2 rings (SSSR count). The molecule has 1 aromatic rings. The molecule has 1 aliphatic heterocycles. The molecule has 5 atom stereocenters. The summed E-state index contributed by atoms with van der Waals surface area (Å²) in [5, 5.41) is 23.8.